The molecule has 3 heterocycles. The average molecular weight is 1400 g/mol. The molecule has 564 valence electrons. The third-order valence-electron chi connectivity index (χ3n) is 16.2. The van der Waals surface area contributed by atoms with Gasteiger partial charge in [-0.2, -0.15) is 0 Å². The van der Waals surface area contributed by atoms with Crippen molar-refractivity contribution < 1.29 is 122 Å². The molecule has 33 nitrogen and oxygen atoms in total. The van der Waals surface area contributed by atoms with Crippen LogP contribution >= 0.6 is 0 Å². The molecule has 0 radical (unpaired) electrons. The van der Waals surface area contributed by atoms with Gasteiger partial charge in [0.1, 0.15) is 36.6 Å². The molecule has 97 heavy (non-hydrogen) atoms. The van der Waals surface area contributed by atoms with E-state index >= 15 is 0 Å². The van der Waals surface area contributed by atoms with Crippen LogP contribution in [0, 0.1) is 23.7 Å². The van der Waals surface area contributed by atoms with Crippen LogP contribution in [-0.4, -0.2) is 285 Å². The zero-order chi connectivity index (χ0) is 72.3. The van der Waals surface area contributed by atoms with Crippen molar-refractivity contribution in [2.75, 3.05) is 112 Å². The van der Waals surface area contributed by atoms with Crippen molar-refractivity contribution in [3.63, 3.8) is 0 Å². The Kier molecular flexibility index (Phi) is 45.8. The van der Waals surface area contributed by atoms with Crippen LogP contribution < -0.4 is 42.5 Å². The second-order valence-corrected chi connectivity index (χ2v) is 25.5. The zero-order valence-corrected chi connectivity index (χ0v) is 57.9. The van der Waals surface area contributed by atoms with E-state index in [1.165, 1.54) is 0 Å². The summed E-state index contributed by atoms with van der Waals surface area (Å²) >= 11 is 0. The van der Waals surface area contributed by atoms with E-state index in [1.54, 1.807) is 27.9 Å². The number of ether oxygens (including phenoxy) is 8. The van der Waals surface area contributed by atoms with Crippen molar-refractivity contribution in [1.29, 1.82) is 0 Å². The summed E-state index contributed by atoms with van der Waals surface area (Å²) in [6, 6.07) is 0. The number of hydrogen-bond acceptors (Lipinski definition) is 25. The molecule has 15 atom stereocenters. The molecule has 0 aliphatic carbocycles. The number of carbonyl (C=O) groups excluding carboxylic acids is 8. The Bertz CT molecular complexity index is 2160. The standard InChI is InChI=1S/C60H108N8O25.C4H10/c1-37-51(80)54(83)40(33-69)91-57(37)88-30-16-47(76)64-24-7-21-61-44(73)13-6-29-87-36-60(68-50(79)12-5-11-43(72)67-27-10-28-86-4,19-14-45(74)62-22-8-25-65-48(77)17-31-89-58-38(2)52(81)55(84)41(34-70)92-58)20-15-46(75)63-23-9-26-66-49(78)18-32-90-59-39(3)53(82)56(85)42(35-71)93-59;1-4(2)3/h37-42,51-59,69-71,80-85H,5-36H2,1-4H3,(H,61,73)(H,62,74)(H,63,75)(H,64,76)(H,65,77)(H,66,78)(H,67,72)(H,68,79);4H,1-3H3/t37?,38?,39?,40?,41?,42?,51-,52-,53-,54+,55+,56+,57-,58-,59-,60?;/m1./s1. The van der Waals surface area contributed by atoms with E-state index < -0.39 is 135 Å². The number of aliphatic hydroxyl groups excluding tert-OH is 9. The van der Waals surface area contributed by atoms with Gasteiger partial charge in [-0.1, -0.05) is 41.5 Å². The highest BCUT2D eigenvalue weighted by Gasteiger charge is 2.45. The summed E-state index contributed by atoms with van der Waals surface area (Å²) in [5, 5.41) is 112. The van der Waals surface area contributed by atoms with Crippen molar-refractivity contribution in [3.8, 4) is 0 Å². The Labute approximate surface area is 569 Å². The summed E-state index contributed by atoms with van der Waals surface area (Å²) in [6.07, 6.45) is -11.9. The zero-order valence-electron chi connectivity index (χ0n) is 57.9. The minimum absolute atomic E-state index is 0.0165. The molecule has 3 rings (SSSR count). The van der Waals surface area contributed by atoms with E-state index in [2.05, 4.69) is 63.3 Å². The van der Waals surface area contributed by atoms with Crippen LogP contribution in [-0.2, 0) is 76.3 Å². The van der Waals surface area contributed by atoms with Gasteiger partial charge in [0.25, 0.3) is 0 Å². The molecule has 0 aromatic carbocycles. The van der Waals surface area contributed by atoms with E-state index in [9.17, 15) is 84.3 Å². The predicted molar refractivity (Wildman–Crippen MR) is 348 cm³/mol. The molecule has 0 saturated carbocycles. The van der Waals surface area contributed by atoms with Crippen LogP contribution in [0.1, 0.15) is 144 Å². The largest absolute Gasteiger partial charge is 0.394 e. The lowest BCUT2D eigenvalue weighted by Gasteiger charge is -2.40. The van der Waals surface area contributed by atoms with Crippen molar-refractivity contribution in [2.45, 2.75) is 224 Å². The summed E-state index contributed by atoms with van der Waals surface area (Å²) in [6.45, 7) is 11.4. The monoisotopic (exact) mass is 1400 g/mol. The SMILES string of the molecule is CC(C)C.COCCCNC(=O)CCCC(=O)NC(CCC(=O)NCCCNC(=O)CCO[C@@H]1OC(CO)[C@H](O)[C@H](O)C1C)(CCC(=O)NCCCNC(=O)CCO[C@@H]1OC(CO)[C@H](O)[C@H](O)C1C)COCCCC(=O)NCCCNC(=O)CCO[C@@H]1OC(CO)[C@H](O)[C@H](O)C1C. The molecule has 0 aromatic rings. The fourth-order valence-electron chi connectivity index (χ4n) is 10.2. The summed E-state index contributed by atoms with van der Waals surface area (Å²) in [4.78, 5) is 104. The predicted octanol–water partition coefficient (Wildman–Crippen LogP) is -3.50. The quantitative estimate of drug-likeness (QED) is 0.0263. The molecule has 0 spiro atoms. The number of hydrogen-bond donors (Lipinski definition) is 17. The smallest absolute Gasteiger partial charge is 0.222 e. The number of methoxy groups -OCH3 is 1. The van der Waals surface area contributed by atoms with Gasteiger partial charge in [0.05, 0.1) is 89.4 Å². The van der Waals surface area contributed by atoms with Crippen LogP contribution in [0.25, 0.3) is 0 Å². The van der Waals surface area contributed by atoms with Crippen LogP contribution in [0.5, 0.6) is 0 Å². The van der Waals surface area contributed by atoms with E-state index in [4.69, 9.17) is 37.9 Å². The highest BCUT2D eigenvalue weighted by Crippen LogP contribution is 2.30. The summed E-state index contributed by atoms with van der Waals surface area (Å²) in [7, 11) is 1.55. The minimum atomic E-state index is -1.33. The lowest BCUT2D eigenvalue weighted by atomic mass is 9.87. The second-order valence-electron chi connectivity index (χ2n) is 25.5. The van der Waals surface area contributed by atoms with Gasteiger partial charge >= 0.3 is 0 Å². The number of amides is 8. The van der Waals surface area contributed by atoms with Crippen molar-refractivity contribution in [1.82, 2.24) is 42.5 Å². The number of nitrogens with one attached hydrogen (secondary N) is 8. The average Bonchev–Trinajstić information content (AvgIpc) is 0.842. The van der Waals surface area contributed by atoms with Gasteiger partial charge in [0.2, 0.25) is 47.3 Å². The van der Waals surface area contributed by atoms with Gasteiger partial charge in [-0.3, -0.25) is 38.4 Å². The van der Waals surface area contributed by atoms with Gasteiger partial charge in [0.15, 0.2) is 18.9 Å². The first-order valence-corrected chi connectivity index (χ1v) is 34.2. The van der Waals surface area contributed by atoms with Gasteiger partial charge in [0, 0.05) is 116 Å². The molecule has 3 aliphatic heterocycles. The van der Waals surface area contributed by atoms with E-state index in [0.717, 1.165) is 5.92 Å². The number of rotatable bonds is 48. The summed E-state index contributed by atoms with van der Waals surface area (Å²) in [5.74, 6) is -3.96. The van der Waals surface area contributed by atoms with E-state index in [1.807, 2.05) is 0 Å². The molecular formula is C64H118N8O25. The third-order valence-corrected chi connectivity index (χ3v) is 16.2. The van der Waals surface area contributed by atoms with Crippen molar-refractivity contribution in [2.24, 2.45) is 23.7 Å². The molecule has 8 amide bonds. The van der Waals surface area contributed by atoms with Crippen molar-refractivity contribution >= 4 is 47.3 Å². The lowest BCUT2D eigenvalue weighted by molar-refractivity contribution is -0.282. The first-order valence-electron chi connectivity index (χ1n) is 34.2. The van der Waals surface area contributed by atoms with Crippen LogP contribution in [0.4, 0.5) is 0 Å². The van der Waals surface area contributed by atoms with Crippen molar-refractivity contribution in [3.05, 3.63) is 0 Å². The van der Waals surface area contributed by atoms with E-state index in [-0.39, 0.29) is 179 Å². The fraction of sp³-hybridized carbons (Fsp3) is 0.875. The van der Waals surface area contributed by atoms with E-state index in [0.29, 0.717) is 38.8 Å². The Morgan fingerprint density at radius 2 is 0.670 bits per heavy atom. The second kappa shape index (κ2) is 50.4. The Hall–Kier alpha value is -4.92. The van der Waals surface area contributed by atoms with Gasteiger partial charge in [-0.15, -0.1) is 0 Å². The molecule has 0 aromatic heterocycles. The van der Waals surface area contributed by atoms with Crippen LogP contribution in [0.3, 0.4) is 0 Å². The lowest BCUT2D eigenvalue weighted by Crippen LogP contribution is -2.55. The van der Waals surface area contributed by atoms with Crippen LogP contribution in [0.15, 0.2) is 0 Å². The Balaban J connectivity index is 0.00000777. The highest BCUT2D eigenvalue weighted by atomic mass is 16.7. The van der Waals surface area contributed by atoms with Gasteiger partial charge < -0.3 is 126 Å². The highest BCUT2D eigenvalue weighted by molar-refractivity contribution is 5.81. The maximum Gasteiger partial charge on any atom is 0.222 e. The normalized spacial score (nSPS) is 26.1. The van der Waals surface area contributed by atoms with Crippen LogP contribution in [0.2, 0.25) is 0 Å². The molecule has 33 heteroatoms. The molecule has 17 N–H and O–H groups in total. The molecule has 0 bridgehead atoms. The number of carbonyl (C=O) groups is 8. The molecule has 3 fully saturated rings. The Morgan fingerprint density at radius 3 is 0.990 bits per heavy atom. The first kappa shape index (κ1) is 88.2. The van der Waals surface area contributed by atoms with Gasteiger partial charge in [-0.25, -0.2) is 0 Å². The molecule has 3 aliphatic rings. The summed E-state index contributed by atoms with van der Waals surface area (Å²) in [5.41, 5.74) is -1.33. The molecule has 6 unspecified atom stereocenters. The number of aliphatic hydroxyl groups is 9. The minimum Gasteiger partial charge on any atom is -0.394 e. The molecular weight excluding hydrogens is 1280 g/mol. The topological polar surface area (TPSA) is 489 Å². The maximum atomic E-state index is 13.8. The third kappa shape index (κ3) is 36.3. The molecule has 3 saturated heterocycles. The maximum absolute atomic E-state index is 13.8. The summed E-state index contributed by atoms with van der Waals surface area (Å²) < 4.78 is 44.6. The Morgan fingerprint density at radius 1 is 0.381 bits per heavy atom. The fourth-order valence-corrected chi connectivity index (χ4v) is 10.2. The van der Waals surface area contributed by atoms with Gasteiger partial charge in [-0.05, 0) is 57.3 Å². The first-order chi connectivity index (χ1) is 46.2.